The quantitative estimate of drug-likeness (QED) is 0.676. The molecule has 13 heavy (non-hydrogen) atoms. The molecule has 0 unspecified atom stereocenters. The van der Waals surface area contributed by atoms with Crippen LogP contribution in [0.3, 0.4) is 0 Å². The Balaban J connectivity index is 0. The zero-order valence-corrected chi connectivity index (χ0v) is 8.66. The molecule has 0 spiro atoms. The summed E-state index contributed by atoms with van der Waals surface area (Å²) in [6, 6.07) is 1.85. The Hall–Kier alpha value is -1.20. The molecule has 0 aliphatic heterocycles. The van der Waals surface area contributed by atoms with Crippen LogP contribution >= 0.6 is 0 Å². The summed E-state index contributed by atoms with van der Waals surface area (Å²) in [5, 5.41) is 0. The van der Waals surface area contributed by atoms with Gasteiger partial charge in [-0.15, -0.1) is 12.8 Å². The van der Waals surface area contributed by atoms with Gasteiger partial charge in [0.25, 0.3) is 0 Å². The minimum atomic E-state index is 0.566. The summed E-state index contributed by atoms with van der Waals surface area (Å²) in [6.07, 6.45) is 11.3. The zero-order valence-electron chi connectivity index (χ0n) is 8.66. The molecule has 2 heteroatoms. The van der Waals surface area contributed by atoms with Gasteiger partial charge in [-0.2, -0.15) is 0 Å². The van der Waals surface area contributed by atoms with Crippen LogP contribution in [0.4, 0.5) is 0 Å². The molecular weight excluding hydrogens is 162 g/mol. The standard InChI is InChI=1S/C5H7NO.C4H10.C2H2/c6-3-5-1-2-7-4-5;1-4(2)3;1-2/h1-2,4H,3,6H2;4H,1-3H3;1-2H. The zero-order chi connectivity index (χ0) is 10.7. The Morgan fingerprint density at radius 3 is 2.00 bits per heavy atom. The third-order valence-corrected chi connectivity index (χ3v) is 0.816. The van der Waals surface area contributed by atoms with Crippen LogP contribution in [0.15, 0.2) is 23.0 Å². The lowest BCUT2D eigenvalue weighted by molar-refractivity contribution is 0.564. The fourth-order valence-electron chi connectivity index (χ4n) is 0.409. The smallest absolute Gasteiger partial charge is 0.0947 e. The van der Waals surface area contributed by atoms with Crippen molar-refractivity contribution in [1.82, 2.24) is 0 Å². The molecule has 0 radical (unpaired) electrons. The number of nitrogens with two attached hydrogens (primary N) is 1. The van der Waals surface area contributed by atoms with Gasteiger partial charge in [0, 0.05) is 12.1 Å². The maximum absolute atomic E-state index is 5.23. The van der Waals surface area contributed by atoms with E-state index in [9.17, 15) is 0 Å². The summed E-state index contributed by atoms with van der Waals surface area (Å²) in [5.74, 6) is 0.833. The second-order valence-electron chi connectivity index (χ2n) is 3.07. The molecule has 0 atom stereocenters. The van der Waals surface area contributed by atoms with E-state index in [-0.39, 0.29) is 0 Å². The molecule has 0 aliphatic rings. The van der Waals surface area contributed by atoms with E-state index in [2.05, 4.69) is 33.6 Å². The van der Waals surface area contributed by atoms with Gasteiger partial charge < -0.3 is 10.2 Å². The van der Waals surface area contributed by atoms with Crippen molar-refractivity contribution in [3.8, 4) is 12.8 Å². The van der Waals surface area contributed by atoms with Crippen LogP contribution in [0, 0.1) is 18.8 Å². The molecule has 1 aromatic rings. The first kappa shape index (κ1) is 14.3. The van der Waals surface area contributed by atoms with Gasteiger partial charge in [-0.25, -0.2) is 0 Å². The van der Waals surface area contributed by atoms with E-state index in [0.29, 0.717) is 6.54 Å². The van der Waals surface area contributed by atoms with Crippen molar-refractivity contribution in [2.24, 2.45) is 11.7 Å². The first-order valence-electron chi connectivity index (χ1n) is 4.21. The second-order valence-corrected chi connectivity index (χ2v) is 3.07. The fourth-order valence-corrected chi connectivity index (χ4v) is 0.409. The lowest BCUT2D eigenvalue weighted by Crippen LogP contribution is -1.92. The monoisotopic (exact) mass is 181 g/mol. The lowest BCUT2D eigenvalue weighted by atomic mass is 10.3. The topological polar surface area (TPSA) is 39.2 Å². The normalized spacial score (nSPS) is 7.92. The molecule has 0 fully saturated rings. The minimum Gasteiger partial charge on any atom is -0.472 e. The summed E-state index contributed by atoms with van der Waals surface area (Å²) < 4.78 is 4.73. The predicted molar refractivity (Wildman–Crippen MR) is 57.0 cm³/mol. The van der Waals surface area contributed by atoms with E-state index >= 15 is 0 Å². The predicted octanol–water partition coefficient (Wildman–Crippen LogP) is 2.65. The van der Waals surface area contributed by atoms with Crippen molar-refractivity contribution in [3.05, 3.63) is 24.2 Å². The van der Waals surface area contributed by atoms with Gasteiger partial charge in [-0.05, 0) is 12.0 Å². The fraction of sp³-hybridized carbons (Fsp3) is 0.455. The van der Waals surface area contributed by atoms with Crippen molar-refractivity contribution in [3.63, 3.8) is 0 Å². The van der Waals surface area contributed by atoms with Crippen molar-refractivity contribution in [2.45, 2.75) is 27.3 Å². The molecule has 1 heterocycles. The van der Waals surface area contributed by atoms with Crippen LogP contribution in [0.5, 0.6) is 0 Å². The molecule has 74 valence electrons. The van der Waals surface area contributed by atoms with Gasteiger partial charge >= 0.3 is 0 Å². The molecule has 0 saturated carbocycles. The number of rotatable bonds is 1. The van der Waals surface area contributed by atoms with Gasteiger partial charge in [0.1, 0.15) is 0 Å². The largest absolute Gasteiger partial charge is 0.472 e. The van der Waals surface area contributed by atoms with Crippen molar-refractivity contribution in [2.75, 3.05) is 0 Å². The van der Waals surface area contributed by atoms with Gasteiger partial charge in [-0.1, -0.05) is 20.8 Å². The van der Waals surface area contributed by atoms with Crippen molar-refractivity contribution >= 4 is 0 Å². The van der Waals surface area contributed by atoms with Crippen molar-refractivity contribution in [1.29, 1.82) is 0 Å². The Morgan fingerprint density at radius 2 is 1.85 bits per heavy atom. The highest BCUT2D eigenvalue weighted by atomic mass is 16.3. The average Bonchev–Trinajstić information content (AvgIpc) is 2.58. The van der Waals surface area contributed by atoms with Gasteiger partial charge in [0.2, 0.25) is 0 Å². The number of terminal acetylenes is 1. The molecule has 1 rings (SSSR count). The lowest BCUT2D eigenvalue weighted by Gasteiger charge is -1.79. The molecule has 0 aromatic carbocycles. The van der Waals surface area contributed by atoms with E-state index in [1.165, 1.54) is 0 Å². The maximum Gasteiger partial charge on any atom is 0.0947 e. The summed E-state index contributed by atoms with van der Waals surface area (Å²) >= 11 is 0. The second kappa shape index (κ2) is 10.8. The molecule has 2 nitrogen and oxygen atoms in total. The first-order chi connectivity index (χ1) is 6.16. The maximum atomic E-state index is 5.23. The third-order valence-electron chi connectivity index (χ3n) is 0.816. The van der Waals surface area contributed by atoms with Crippen LogP contribution in [0.25, 0.3) is 0 Å². The van der Waals surface area contributed by atoms with Crippen LogP contribution < -0.4 is 5.73 Å². The van der Waals surface area contributed by atoms with E-state index in [0.717, 1.165) is 11.5 Å². The van der Waals surface area contributed by atoms with E-state index in [4.69, 9.17) is 10.2 Å². The SMILES string of the molecule is C#C.CC(C)C.NCc1ccoc1. The summed E-state index contributed by atoms with van der Waals surface area (Å²) in [4.78, 5) is 0. The Bertz CT molecular complexity index is 184. The van der Waals surface area contributed by atoms with Crippen LogP contribution in [-0.4, -0.2) is 0 Å². The van der Waals surface area contributed by atoms with Gasteiger partial charge in [-0.3, -0.25) is 0 Å². The Labute approximate surface area is 81.1 Å². The summed E-state index contributed by atoms with van der Waals surface area (Å²) in [5.41, 5.74) is 6.28. The Kier molecular flexibility index (Phi) is 11.9. The third kappa shape index (κ3) is 13.7. The minimum absolute atomic E-state index is 0.566. The first-order valence-corrected chi connectivity index (χ1v) is 4.21. The van der Waals surface area contributed by atoms with Gasteiger partial charge in [0.05, 0.1) is 12.5 Å². The molecule has 1 aromatic heterocycles. The van der Waals surface area contributed by atoms with E-state index < -0.39 is 0 Å². The number of hydrogen-bond acceptors (Lipinski definition) is 2. The highest BCUT2D eigenvalue weighted by Crippen LogP contribution is 1.95. The van der Waals surface area contributed by atoms with Crippen LogP contribution in [0.1, 0.15) is 26.3 Å². The van der Waals surface area contributed by atoms with Crippen LogP contribution in [0.2, 0.25) is 0 Å². The number of hydrogen-bond donors (Lipinski definition) is 1. The van der Waals surface area contributed by atoms with Gasteiger partial charge in [0.15, 0.2) is 0 Å². The molecule has 2 N–H and O–H groups in total. The Morgan fingerprint density at radius 1 is 1.38 bits per heavy atom. The van der Waals surface area contributed by atoms with E-state index in [1.54, 1.807) is 12.5 Å². The summed E-state index contributed by atoms with van der Waals surface area (Å²) in [6.45, 7) is 7.07. The highest BCUT2D eigenvalue weighted by Gasteiger charge is 1.84. The van der Waals surface area contributed by atoms with Crippen LogP contribution in [-0.2, 0) is 6.54 Å². The van der Waals surface area contributed by atoms with E-state index in [1.807, 2.05) is 6.07 Å². The molecule has 0 aliphatic carbocycles. The molecular formula is C11H19NO. The number of furan rings is 1. The molecule has 0 amide bonds. The summed E-state index contributed by atoms with van der Waals surface area (Å²) in [7, 11) is 0. The molecule has 0 saturated heterocycles. The van der Waals surface area contributed by atoms with Crippen molar-refractivity contribution < 1.29 is 4.42 Å². The molecule has 0 bridgehead atoms. The highest BCUT2D eigenvalue weighted by molar-refractivity contribution is 5.03. The average molecular weight is 181 g/mol.